The Balaban J connectivity index is 2.29. The Kier molecular flexibility index (Phi) is 4.36. The summed E-state index contributed by atoms with van der Waals surface area (Å²) in [6.45, 7) is -0.560. The maximum absolute atomic E-state index is 12.4. The lowest BCUT2D eigenvalue weighted by atomic mass is 9.95. The van der Waals surface area contributed by atoms with E-state index in [1.165, 1.54) is 24.4 Å². The number of phenols is 1. The SMILES string of the molecule is Nc1ccn([C@@]2(c3cccc([N+](=O)[O-])c3O)C[C@H](O)[C@@H](CO)O2)c(=O)n1. The van der Waals surface area contributed by atoms with Gasteiger partial charge in [-0.15, -0.1) is 0 Å². The molecule has 138 valence electrons. The fourth-order valence-corrected chi connectivity index (χ4v) is 3.09. The van der Waals surface area contributed by atoms with Crippen LogP contribution in [0, 0.1) is 10.1 Å². The van der Waals surface area contributed by atoms with Gasteiger partial charge in [0.2, 0.25) is 5.75 Å². The number of nitrogen functional groups attached to an aromatic ring is 1. The standard InChI is InChI=1S/C15H16N4O7/c16-12-4-5-18(14(23)17-12)15(6-10(21)11(7-20)26-15)8-2-1-3-9(13(8)22)19(24)25/h1-5,10-11,20-22H,6-7H2,(H2,16,17,23)/t10-,11+,15-/m0/s1. The minimum Gasteiger partial charge on any atom is -0.502 e. The van der Waals surface area contributed by atoms with Gasteiger partial charge in [-0.1, -0.05) is 6.07 Å². The van der Waals surface area contributed by atoms with Crippen LogP contribution in [-0.4, -0.2) is 48.6 Å². The number of nitrogens with zero attached hydrogens (tertiary/aromatic N) is 3. The molecule has 26 heavy (non-hydrogen) atoms. The third kappa shape index (κ3) is 2.67. The third-order valence-corrected chi connectivity index (χ3v) is 4.29. The van der Waals surface area contributed by atoms with Crippen molar-refractivity contribution in [3.05, 3.63) is 56.6 Å². The lowest BCUT2D eigenvalue weighted by Gasteiger charge is -2.31. The molecule has 1 aliphatic rings. The number of para-hydroxylation sites is 1. The Morgan fingerprint density at radius 1 is 1.46 bits per heavy atom. The highest BCUT2D eigenvalue weighted by Gasteiger charge is 2.51. The predicted molar refractivity (Wildman–Crippen MR) is 87.3 cm³/mol. The van der Waals surface area contributed by atoms with Crippen molar-refractivity contribution in [2.24, 2.45) is 0 Å². The van der Waals surface area contributed by atoms with Crippen molar-refractivity contribution < 1.29 is 25.0 Å². The van der Waals surface area contributed by atoms with E-state index >= 15 is 0 Å². The number of ether oxygens (including phenoxy) is 1. The maximum atomic E-state index is 12.4. The number of hydrogen-bond acceptors (Lipinski definition) is 9. The molecule has 0 aliphatic carbocycles. The number of rotatable bonds is 4. The molecular formula is C15H16N4O7. The van der Waals surface area contributed by atoms with Crippen LogP contribution in [0.2, 0.25) is 0 Å². The van der Waals surface area contributed by atoms with Gasteiger partial charge in [-0.2, -0.15) is 4.98 Å². The van der Waals surface area contributed by atoms with Crippen molar-refractivity contribution in [2.45, 2.75) is 24.4 Å². The van der Waals surface area contributed by atoms with Crippen LogP contribution >= 0.6 is 0 Å². The van der Waals surface area contributed by atoms with Gasteiger partial charge in [0.25, 0.3) is 0 Å². The summed E-state index contributed by atoms with van der Waals surface area (Å²) in [5.41, 5.74) is 2.13. The monoisotopic (exact) mass is 364 g/mol. The van der Waals surface area contributed by atoms with Gasteiger partial charge in [0, 0.05) is 18.7 Å². The zero-order valence-corrected chi connectivity index (χ0v) is 13.3. The summed E-state index contributed by atoms with van der Waals surface area (Å²) in [5.74, 6) is -0.770. The van der Waals surface area contributed by atoms with Crippen molar-refractivity contribution in [3.63, 3.8) is 0 Å². The quantitative estimate of drug-likeness (QED) is 0.403. The van der Waals surface area contributed by atoms with E-state index in [4.69, 9.17) is 10.5 Å². The molecule has 1 aromatic heterocycles. The number of nitrogens with two attached hydrogens (primary N) is 1. The Hall–Kier alpha value is -3.02. The Bertz CT molecular complexity index is 915. The smallest absolute Gasteiger partial charge is 0.352 e. The second kappa shape index (κ2) is 6.37. The first-order chi connectivity index (χ1) is 12.3. The first-order valence-corrected chi connectivity index (χ1v) is 7.59. The van der Waals surface area contributed by atoms with E-state index in [0.29, 0.717) is 0 Å². The van der Waals surface area contributed by atoms with Crippen molar-refractivity contribution in [1.29, 1.82) is 0 Å². The normalized spacial score (nSPS) is 25.3. The highest BCUT2D eigenvalue weighted by atomic mass is 16.6. The molecule has 11 nitrogen and oxygen atoms in total. The van der Waals surface area contributed by atoms with E-state index in [1.807, 2.05) is 0 Å². The molecule has 0 bridgehead atoms. The van der Waals surface area contributed by atoms with Gasteiger partial charge in [-0.05, 0) is 12.1 Å². The molecular weight excluding hydrogens is 348 g/mol. The number of aliphatic hydroxyl groups excluding tert-OH is 2. The van der Waals surface area contributed by atoms with E-state index < -0.39 is 46.6 Å². The topological polar surface area (TPSA) is 174 Å². The zero-order chi connectivity index (χ0) is 19.1. The van der Waals surface area contributed by atoms with E-state index in [9.17, 15) is 30.2 Å². The highest BCUT2D eigenvalue weighted by Crippen LogP contribution is 2.46. The zero-order valence-electron chi connectivity index (χ0n) is 13.3. The molecule has 1 fully saturated rings. The molecule has 0 saturated carbocycles. The third-order valence-electron chi connectivity index (χ3n) is 4.29. The van der Waals surface area contributed by atoms with Crippen LogP contribution in [0.15, 0.2) is 35.3 Å². The van der Waals surface area contributed by atoms with E-state index in [-0.39, 0.29) is 17.8 Å². The fourth-order valence-electron chi connectivity index (χ4n) is 3.09. The van der Waals surface area contributed by atoms with Crippen LogP contribution in [-0.2, 0) is 10.5 Å². The number of benzene rings is 1. The molecule has 0 unspecified atom stereocenters. The van der Waals surface area contributed by atoms with Gasteiger partial charge in [0.05, 0.1) is 23.2 Å². The molecule has 3 rings (SSSR count). The molecule has 0 spiro atoms. The van der Waals surface area contributed by atoms with Crippen molar-refractivity contribution in [3.8, 4) is 5.75 Å². The summed E-state index contributed by atoms with van der Waals surface area (Å²) in [4.78, 5) is 26.3. The lowest BCUT2D eigenvalue weighted by Crippen LogP contribution is -2.43. The van der Waals surface area contributed by atoms with Gasteiger partial charge < -0.3 is 25.8 Å². The summed E-state index contributed by atoms with van der Waals surface area (Å²) >= 11 is 0. The number of nitro groups is 1. The first kappa shape index (κ1) is 17.8. The van der Waals surface area contributed by atoms with Crippen molar-refractivity contribution in [2.75, 3.05) is 12.3 Å². The number of anilines is 1. The van der Waals surface area contributed by atoms with Gasteiger partial charge in [0.15, 0.2) is 5.72 Å². The minimum atomic E-state index is -1.80. The van der Waals surface area contributed by atoms with Crippen molar-refractivity contribution in [1.82, 2.24) is 9.55 Å². The molecule has 1 aromatic carbocycles. The van der Waals surface area contributed by atoms with Crippen LogP contribution in [0.4, 0.5) is 11.5 Å². The van der Waals surface area contributed by atoms with E-state index in [1.54, 1.807) is 0 Å². The largest absolute Gasteiger partial charge is 0.502 e. The lowest BCUT2D eigenvalue weighted by molar-refractivity contribution is -0.386. The molecule has 3 atom stereocenters. The fraction of sp³-hybridized carbons (Fsp3) is 0.333. The number of aromatic hydroxyl groups is 1. The van der Waals surface area contributed by atoms with Crippen LogP contribution in [0.1, 0.15) is 12.0 Å². The molecule has 2 aromatic rings. The maximum Gasteiger partial charge on any atom is 0.352 e. The molecule has 0 radical (unpaired) electrons. The summed E-state index contributed by atoms with van der Waals surface area (Å²) < 4.78 is 6.69. The van der Waals surface area contributed by atoms with Gasteiger partial charge in [0.1, 0.15) is 11.9 Å². The summed E-state index contributed by atoms with van der Waals surface area (Å²) in [6.07, 6.45) is -1.27. The number of phenolic OH excluding ortho intramolecular Hbond substituents is 1. The summed E-state index contributed by atoms with van der Waals surface area (Å²) in [6, 6.07) is 5.04. The Labute approximate surface area is 146 Å². The number of aromatic nitrogens is 2. The van der Waals surface area contributed by atoms with E-state index in [0.717, 1.165) is 10.6 Å². The molecule has 1 saturated heterocycles. The van der Waals surface area contributed by atoms with Crippen LogP contribution in [0.5, 0.6) is 5.75 Å². The predicted octanol–water partition coefficient (Wildman–Crippen LogP) is -0.718. The van der Waals surface area contributed by atoms with Crippen LogP contribution < -0.4 is 11.4 Å². The molecule has 1 aliphatic heterocycles. The molecule has 0 amide bonds. The molecule has 2 heterocycles. The van der Waals surface area contributed by atoms with E-state index in [2.05, 4.69) is 4.98 Å². The second-order valence-electron chi connectivity index (χ2n) is 5.83. The number of hydrogen-bond donors (Lipinski definition) is 4. The molecule has 5 N–H and O–H groups in total. The Morgan fingerprint density at radius 2 is 2.19 bits per heavy atom. The van der Waals surface area contributed by atoms with Gasteiger partial charge >= 0.3 is 11.4 Å². The summed E-state index contributed by atoms with van der Waals surface area (Å²) in [7, 11) is 0. The van der Waals surface area contributed by atoms with Gasteiger partial charge in [-0.25, -0.2) is 4.79 Å². The average Bonchev–Trinajstić information content (AvgIpc) is 2.92. The van der Waals surface area contributed by atoms with Gasteiger partial charge in [-0.3, -0.25) is 14.7 Å². The molecule has 11 heteroatoms. The second-order valence-corrected chi connectivity index (χ2v) is 5.83. The number of aliphatic hydroxyl groups is 2. The highest BCUT2D eigenvalue weighted by molar-refractivity contribution is 5.53. The van der Waals surface area contributed by atoms with Crippen LogP contribution in [0.3, 0.4) is 0 Å². The minimum absolute atomic E-state index is 0.0538. The first-order valence-electron chi connectivity index (χ1n) is 7.59. The Morgan fingerprint density at radius 3 is 2.77 bits per heavy atom. The number of nitro benzene ring substituents is 1. The summed E-state index contributed by atoms with van der Waals surface area (Å²) in [5, 5.41) is 41.2. The average molecular weight is 364 g/mol. The van der Waals surface area contributed by atoms with Crippen molar-refractivity contribution >= 4 is 11.5 Å². The van der Waals surface area contributed by atoms with Crippen LogP contribution in [0.25, 0.3) is 0 Å².